The van der Waals surface area contributed by atoms with Crippen molar-refractivity contribution in [2.75, 3.05) is 6.61 Å². The van der Waals surface area contributed by atoms with E-state index in [0.29, 0.717) is 5.57 Å². The third-order valence-electron chi connectivity index (χ3n) is 0.558. The highest BCUT2D eigenvalue weighted by Gasteiger charge is 1.79. The molecule has 0 amide bonds. The molecular weight excluding hydrogens is 92.1 g/mol. The fourth-order valence-electron chi connectivity index (χ4n) is 0.179. The van der Waals surface area contributed by atoms with Crippen LogP contribution in [0.15, 0.2) is 11.6 Å². The molecule has 2 heteroatoms. The van der Waals surface area contributed by atoms with Crippen LogP contribution in [0, 0.1) is 0 Å². The van der Waals surface area contributed by atoms with Gasteiger partial charge in [0.25, 0.3) is 0 Å². The highest BCUT2D eigenvalue weighted by molar-refractivity contribution is 5.72. The first-order chi connectivity index (χ1) is 3.31. The standard InChI is InChI=1S/C5H7O2/c1-5(4-7)2-3-6/h2,6H,3H2,1H3/b5-2+. The second kappa shape index (κ2) is 3.56. The minimum Gasteiger partial charge on any atom is -0.392 e. The summed E-state index contributed by atoms with van der Waals surface area (Å²) in [4.78, 5) is 9.59. The van der Waals surface area contributed by atoms with Crippen molar-refractivity contribution in [1.82, 2.24) is 0 Å². The first-order valence-electron chi connectivity index (χ1n) is 1.97. The van der Waals surface area contributed by atoms with Gasteiger partial charge in [0.2, 0.25) is 6.29 Å². The van der Waals surface area contributed by atoms with Crippen molar-refractivity contribution in [2.24, 2.45) is 0 Å². The molecule has 0 heterocycles. The van der Waals surface area contributed by atoms with Gasteiger partial charge in [0.05, 0.1) is 6.61 Å². The average molecular weight is 99.1 g/mol. The summed E-state index contributed by atoms with van der Waals surface area (Å²) in [5, 5.41) is 8.11. The molecule has 1 N–H and O–H groups in total. The summed E-state index contributed by atoms with van der Waals surface area (Å²) in [7, 11) is 0. The van der Waals surface area contributed by atoms with Gasteiger partial charge in [-0.3, -0.25) is 4.79 Å². The average Bonchev–Trinajstić information content (AvgIpc) is 1.68. The van der Waals surface area contributed by atoms with Crippen LogP contribution in [0.1, 0.15) is 6.92 Å². The van der Waals surface area contributed by atoms with Crippen molar-refractivity contribution in [3.8, 4) is 0 Å². The van der Waals surface area contributed by atoms with E-state index in [1.807, 2.05) is 0 Å². The van der Waals surface area contributed by atoms with Crippen molar-refractivity contribution >= 4 is 6.29 Å². The van der Waals surface area contributed by atoms with Gasteiger partial charge in [-0.1, -0.05) is 6.08 Å². The lowest BCUT2D eigenvalue weighted by molar-refractivity contribution is 0.342. The zero-order valence-electron chi connectivity index (χ0n) is 4.14. The molecule has 0 unspecified atom stereocenters. The topological polar surface area (TPSA) is 37.3 Å². The van der Waals surface area contributed by atoms with Crippen LogP contribution in [0.3, 0.4) is 0 Å². The molecular formula is C5H7O2. The van der Waals surface area contributed by atoms with Crippen LogP contribution < -0.4 is 0 Å². The maximum Gasteiger partial charge on any atom is 0.228 e. The van der Waals surface area contributed by atoms with Crippen LogP contribution in [0.5, 0.6) is 0 Å². The van der Waals surface area contributed by atoms with Crippen LogP contribution in [-0.2, 0) is 4.79 Å². The van der Waals surface area contributed by atoms with Gasteiger partial charge in [-0.05, 0) is 12.5 Å². The molecule has 39 valence electrons. The Balaban J connectivity index is 3.49. The van der Waals surface area contributed by atoms with Crippen LogP contribution in [-0.4, -0.2) is 18.0 Å². The van der Waals surface area contributed by atoms with E-state index in [0.717, 1.165) is 0 Å². The molecule has 0 aromatic heterocycles. The molecule has 7 heavy (non-hydrogen) atoms. The smallest absolute Gasteiger partial charge is 0.228 e. The largest absolute Gasteiger partial charge is 0.392 e. The molecule has 0 bridgehead atoms. The lowest BCUT2D eigenvalue weighted by atomic mass is 10.3. The minimum absolute atomic E-state index is 0.0823. The summed E-state index contributed by atoms with van der Waals surface area (Å²) < 4.78 is 0. The molecule has 0 aliphatic carbocycles. The molecule has 2 nitrogen and oxygen atoms in total. The molecule has 0 fully saturated rings. The van der Waals surface area contributed by atoms with E-state index >= 15 is 0 Å². The second-order valence-electron chi connectivity index (χ2n) is 1.17. The Kier molecular flexibility index (Phi) is 3.24. The zero-order chi connectivity index (χ0) is 5.70. The summed E-state index contributed by atoms with van der Waals surface area (Å²) in [5.74, 6) is 0. The Morgan fingerprint density at radius 1 is 2.00 bits per heavy atom. The van der Waals surface area contributed by atoms with Gasteiger partial charge in [-0.25, -0.2) is 0 Å². The van der Waals surface area contributed by atoms with Crippen molar-refractivity contribution in [1.29, 1.82) is 0 Å². The Hall–Kier alpha value is -0.630. The molecule has 0 spiro atoms. The predicted molar refractivity (Wildman–Crippen MR) is 26.5 cm³/mol. The lowest BCUT2D eigenvalue weighted by Gasteiger charge is -1.78. The second-order valence-corrected chi connectivity index (χ2v) is 1.17. The molecule has 0 aliphatic heterocycles. The summed E-state index contributed by atoms with van der Waals surface area (Å²) in [6, 6.07) is 0. The fraction of sp³-hybridized carbons (Fsp3) is 0.400. The van der Waals surface area contributed by atoms with E-state index in [2.05, 4.69) is 0 Å². The van der Waals surface area contributed by atoms with Crippen LogP contribution >= 0.6 is 0 Å². The Morgan fingerprint density at radius 3 is 2.71 bits per heavy atom. The van der Waals surface area contributed by atoms with Gasteiger partial charge in [0.1, 0.15) is 0 Å². The number of rotatable bonds is 2. The lowest BCUT2D eigenvalue weighted by Crippen LogP contribution is -1.78. The van der Waals surface area contributed by atoms with Gasteiger partial charge >= 0.3 is 0 Å². The minimum atomic E-state index is -0.0823. The van der Waals surface area contributed by atoms with E-state index in [9.17, 15) is 4.79 Å². The van der Waals surface area contributed by atoms with E-state index < -0.39 is 0 Å². The number of allylic oxidation sites excluding steroid dienone is 1. The number of hydrogen-bond acceptors (Lipinski definition) is 2. The molecule has 0 aromatic rings. The van der Waals surface area contributed by atoms with Gasteiger partial charge in [0, 0.05) is 0 Å². The monoisotopic (exact) mass is 99.0 g/mol. The highest BCUT2D eigenvalue weighted by Crippen LogP contribution is 1.81. The van der Waals surface area contributed by atoms with E-state index in [-0.39, 0.29) is 6.61 Å². The maximum absolute atomic E-state index is 9.59. The van der Waals surface area contributed by atoms with E-state index in [1.54, 1.807) is 13.2 Å². The van der Waals surface area contributed by atoms with E-state index in [1.165, 1.54) is 6.08 Å². The van der Waals surface area contributed by atoms with Crippen molar-refractivity contribution in [3.05, 3.63) is 11.6 Å². The van der Waals surface area contributed by atoms with Crippen LogP contribution in [0.4, 0.5) is 0 Å². The summed E-state index contributed by atoms with van der Waals surface area (Å²) in [5.41, 5.74) is 0.447. The third kappa shape index (κ3) is 3.19. The number of aliphatic hydroxyl groups is 1. The first kappa shape index (κ1) is 6.37. The SMILES string of the molecule is C/C([C]=O)=C\CO. The van der Waals surface area contributed by atoms with Gasteiger partial charge in [0.15, 0.2) is 0 Å². The fourth-order valence-corrected chi connectivity index (χ4v) is 0.179. The zero-order valence-corrected chi connectivity index (χ0v) is 4.14. The Bertz CT molecular complexity index is 84.1. The van der Waals surface area contributed by atoms with Crippen LogP contribution in [0.2, 0.25) is 0 Å². The molecule has 0 aromatic carbocycles. The van der Waals surface area contributed by atoms with Crippen molar-refractivity contribution in [2.45, 2.75) is 6.92 Å². The van der Waals surface area contributed by atoms with Crippen molar-refractivity contribution < 1.29 is 9.90 Å². The molecule has 0 atom stereocenters. The molecule has 0 saturated heterocycles. The summed E-state index contributed by atoms with van der Waals surface area (Å²) >= 11 is 0. The molecule has 0 saturated carbocycles. The highest BCUT2D eigenvalue weighted by atomic mass is 16.2. The predicted octanol–water partition coefficient (Wildman–Crippen LogP) is 0.0347. The van der Waals surface area contributed by atoms with Crippen LogP contribution in [0.25, 0.3) is 0 Å². The molecule has 0 aliphatic rings. The van der Waals surface area contributed by atoms with Crippen molar-refractivity contribution in [3.63, 3.8) is 0 Å². The summed E-state index contributed by atoms with van der Waals surface area (Å²) in [6.07, 6.45) is 3.01. The number of carbonyl (C=O) groups excluding carboxylic acids is 1. The molecule has 0 rings (SSSR count). The number of hydrogen-bond donors (Lipinski definition) is 1. The first-order valence-corrected chi connectivity index (χ1v) is 1.97. The number of aliphatic hydroxyl groups excluding tert-OH is 1. The van der Waals surface area contributed by atoms with Gasteiger partial charge in [-0.2, -0.15) is 0 Å². The summed E-state index contributed by atoms with van der Waals surface area (Å²) in [6.45, 7) is 1.50. The maximum atomic E-state index is 9.59. The Morgan fingerprint density at radius 2 is 2.57 bits per heavy atom. The van der Waals surface area contributed by atoms with E-state index in [4.69, 9.17) is 5.11 Å². The molecule has 1 radical (unpaired) electrons. The normalized spacial score (nSPS) is 11.4. The van der Waals surface area contributed by atoms with Gasteiger partial charge < -0.3 is 5.11 Å². The Labute approximate surface area is 42.5 Å². The van der Waals surface area contributed by atoms with Gasteiger partial charge in [-0.15, -0.1) is 0 Å². The third-order valence-corrected chi connectivity index (χ3v) is 0.558. The quantitative estimate of drug-likeness (QED) is 0.496.